The molecule has 2 aromatic carbocycles. The standard InChI is InChI=1S/C18H18F2N2O2/c1-13(23)22(16-7-4-6-15(19)12-16)10-9-21-18(24)11-14-5-2-3-8-17(14)20/h2-8,12H,9-11H2,1H3,(H,21,24). The van der Waals surface area contributed by atoms with E-state index in [9.17, 15) is 18.4 Å². The lowest BCUT2D eigenvalue weighted by Gasteiger charge is -2.21. The third-order valence-corrected chi connectivity index (χ3v) is 3.47. The van der Waals surface area contributed by atoms with E-state index in [-0.39, 0.29) is 31.3 Å². The summed E-state index contributed by atoms with van der Waals surface area (Å²) in [5.74, 6) is -1.48. The molecule has 2 aromatic rings. The monoisotopic (exact) mass is 332 g/mol. The Morgan fingerprint density at radius 3 is 2.50 bits per heavy atom. The van der Waals surface area contributed by atoms with Crippen LogP contribution in [-0.2, 0) is 16.0 Å². The Kier molecular flexibility index (Phi) is 6.01. The van der Waals surface area contributed by atoms with Gasteiger partial charge in [-0.25, -0.2) is 8.78 Å². The van der Waals surface area contributed by atoms with Crippen LogP contribution >= 0.6 is 0 Å². The van der Waals surface area contributed by atoms with Crippen LogP contribution in [0.2, 0.25) is 0 Å². The fourth-order valence-electron chi connectivity index (χ4n) is 2.30. The Labute approximate surface area is 139 Å². The zero-order valence-corrected chi connectivity index (χ0v) is 13.3. The zero-order valence-electron chi connectivity index (χ0n) is 13.3. The highest BCUT2D eigenvalue weighted by molar-refractivity contribution is 5.91. The number of anilines is 1. The number of hydrogen-bond acceptors (Lipinski definition) is 2. The quantitative estimate of drug-likeness (QED) is 0.884. The smallest absolute Gasteiger partial charge is 0.224 e. The van der Waals surface area contributed by atoms with Crippen LogP contribution in [0.3, 0.4) is 0 Å². The number of amides is 2. The van der Waals surface area contributed by atoms with Gasteiger partial charge in [-0.2, -0.15) is 0 Å². The first-order valence-corrected chi connectivity index (χ1v) is 7.51. The summed E-state index contributed by atoms with van der Waals surface area (Å²) >= 11 is 0. The fraction of sp³-hybridized carbons (Fsp3) is 0.222. The molecule has 0 atom stereocenters. The van der Waals surface area contributed by atoms with E-state index in [1.54, 1.807) is 24.3 Å². The Bertz CT molecular complexity index is 734. The SMILES string of the molecule is CC(=O)N(CCNC(=O)Cc1ccccc1F)c1cccc(F)c1. The average Bonchev–Trinajstić information content (AvgIpc) is 2.53. The van der Waals surface area contributed by atoms with E-state index in [1.807, 2.05) is 0 Å². The van der Waals surface area contributed by atoms with E-state index in [0.29, 0.717) is 11.3 Å². The molecule has 0 spiro atoms. The van der Waals surface area contributed by atoms with Crippen molar-refractivity contribution in [2.75, 3.05) is 18.0 Å². The molecule has 0 saturated carbocycles. The molecule has 0 unspecified atom stereocenters. The summed E-state index contributed by atoms with van der Waals surface area (Å²) in [6, 6.07) is 11.7. The van der Waals surface area contributed by atoms with E-state index in [1.165, 1.54) is 36.1 Å². The number of carbonyl (C=O) groups excluding carboxylic acids is 2. The van der Waals surface area contributed by atoms with Crippen LogP contribution in [0.25, 0.3) is 0 Å². The molecular weight excluding hydrogens is 314 g/mol. The molecule has 126 valence electrons. The molecule has 4 nitrogen and oxygen atoms in total. The van der Waals surface area contributed by atoms with Gasteiger partial charge in [0, 0.05) is 25.7 Å². The second-order valence-corrected chi connectivity index (χ2v) is 5.27. The van der Waals surface area contributed by atoms with Gasteiger partial charge >= 0.3 is 0 Å². The highest BCUT2D eigenvalue weighted by Gasteiger charge is 2.13. The van der Waals surface area contributed by atoms with Crippen molar-refractivity contribution < 1.29 is 18.4 Å². The van der Waals surface area contributed by atoms with E-state index >= 15 is 0 Å². The second kappa shape index (κ2) is 8.19. The van der Waals surface area contributed by atoms with Gasteiger partial charge in [0.25, 0.3) is 0 Å². The van der Waals surface area contributed by atoms with Crippen molar-refractivity contribution in [3.05, 3.63) is 65.7 Å². The molecule has 24 heavy (non-hydrogen) atoms. The van der Waals surface area contributed by atoms with Crippen molar-refractivity contribution in [3.8, 4) is 0 Å². The van der Waals surface area contributed by atoms with Crippen LogP contribution in [0.15, 0.2) is 48.5 Å². The van der Waals surface area contributed by atoms with E-state index in [0.717, 1.165) is 0 Å². The Morgan fingerprint density at radius 2 is 1.83 bits per heavy atom. The molecule has 2 amide bonds. The maximum Gasteiger partial charge on any atom is 0.224 e. The van der Waals surface area contributed by atoms with Crippen molar-refractivity contribution >= 4 is 17.5 Å². The van der Waals surface area contributed by atoms with Gasteiger partial charge in [-0.05, 0) is 29.8 Å². The largest absolute Gasteiger partial charge is 0.354 e. The molecule has 0 saturated heterocycles. The molecule has 0 aliphatic carbocycles. The van der Waals surface area contributed by atoms with Gasteiger partial charge in [0.1, 0.15) is 11.6 Å². The van der Waals surface area contributed by atoms with Crippen molar-refractivity contribution in [1.82, 2.24) is 5.32 Å². The third-order valence-electron chi connectivity index (χ3n) is 3.47. The molecule has 0 heterocycles. The van der Waals surface area contributed by atoms with Crippen molar-refractivity contribution in [2.45, 2.75) is 13.3 Å². The van der Waals surface area contributed by atoms with Crippen LogP contribution in [-0.4, -0.2) is 24.9 Å². The Balaban J connectivity index is 1.90. The predicted octanol–water partition coefficient (Wildman–Crippen LogP) is 2.68. The van der Waals surface area contributed by atoms with Gasteiger partial charge in [-0.15, -0.1) is 0 Å². The average molecular weight is 332 g/mol. The number of halogens is 2. The third kappa shape index (κ3) is 4.87. The number of benzene rings is 2. The molecule has 0 aliphatic rings. The molecule has 0 aromatic heterocycles. The summed E-state index contributed by atoms with van der Waals surface area (Å²) in [5.41, 5.74) is 0.731. The van der Waals surface area contributed by atoms with Crippen LogP contribution in [0.1, 0.15) is 12.5 Å². The van der Waals surface area contributed by atoms with E-state index in [4.69, 9.17) is 0 Å². The first-order chi connectivity index (χ1) is 11.5. The fourth-order valence-corrected chi connectivity index (χ4v) is 2.30. The van der Waals surface area contributed by atoms with Crippen LogP contribution in [0, 0.1) is 11.6 Å². The normalized spacial score (nSPS) is 10.3. The van der Waals surface area contributed by atoms with Crippen LogP contribution < -0.4 is 10.2 Å². The lowest BCUT2D eigenvalue weighted by molar-refractivity contribution is -0.121. The van der Waals surface area contributed by atoms with Crippen LogP contribution in [0.4, 0.5) is 14.5 Å². The molecule has 0 bridgehead atoms. The summed E-state index contributed by atoms with van der Waals surface area (Å²) in [6.45, 7) is 1.75. The summed E-state index contributed by atoms with van der Waals surface area (Å²) in [7, 11) is 0. The van der Waals surface area contributed by atoms with Crippen molar-refractivity contribution in [3.63, 3.8) is 0 Å². The van der Waals surface area contributed by atoms with Gasteiger partial charge in [-0.3, -0.25) is 9.59 Å². The van der Waals surface area contributed by atoms with Crippen molar-refractivity contribution in [1.29, 1.82) is 0 Å². The highest BCUT2D eigenvalue weighted by atomic mass is 19.1. The number of hydrogen-bond donors (Lipinski definition) is 1. The van der Waals surface area contributed by atoms with Gasteiger partial charge in [-0.1, -0.05) is 24.3 Å². The minimum atomic E-state index is -0.442. The van der Waals surface area contributed by atoms with Gasteiger partial charge in [0.05, 0.1) is 6.42 Å². The summed E-state index contributed by atoms with van der Waals surface area (Å²) in [5, 5.41) is 2.63. The topological polar surface area (TPSA) is 49.4 Å². The maximum atomic E-state index is 13.5. The number of rotatable bonds is 6. The molecule has 0 radical (unpaired) electrons. The minimum absolute atomic E-state index is 0.0767. The van der Waals surface area contributed by atoms with Crippen molar-refractivity contribution in [2.24, 2.45) is 0 Å². The summed E-state index contributed by atoms with van der Waals surface area (Å²) < 4.78 is 26.8. The first kappa shape index (κ1) is 17.6. The zero-order chi connectivity index (χ0) is 17.5. The second-order valence-electron chi connectivity index (χ2n) is 5.27. The molecule has 0 aliphatic heterocycles. The summed E-state index contributed by atoms with van der Waals surface area (Å²) in [6.07, 6.45) is -0.0767. The lowest BCUT2D eigenvalue weighted by Crippen LogP contribution is -2.38. The molecule has 0 fully saturated rings. The van der Waals surface area contributed by atoms with Gasteiger partial charge in [0.15, 0.2) is 0 Å². The van der Waals surface area contributed by atoms with Crippen LogP contribution in [0.5, 0.6) is 0 Å². The first-order valence-electron chi connectivity index (χ1n) is 7.51. The van der Waals surface area contributed by atoms with E-state index < -0.39 is 11.6 Å². The molecular formula is C18H18F2N2O2. The Hall–Kier alpha value is -2.76. The number of nitrogens with zero attached hydrogens (tertiary/aromatic N) is 1. The molecule has 6 heteroatoms. The molecule has 2 rings (SSSR count). The highest BCUT2D eigenvalue weighted by Crippen LogP contribution is 2.15. The van der Waals surface area contributed by atoms with E-state index in [2.05, 4.69) is 5.32 Å². The lowest BCUT2D eigenvalue weighted by atomic mass is 10.1. The summed E-state index contributed by atoms with van der Waals surface area (Å²) in [4.78, 5) is 24.9. The van der Waals surface area contributed by atoms with Gasteiger partial charge < -0.3 is 10.2 Å². The predicted molar refractivity (Wildman–Crippen MR) is 87.5 cm³/mol. The van der Waals surface area contributed by atoms with Gasteiger partial charge in [0.2, 0.25) is 11.8 Å². The molecule has 1 N–H and O–H groups in total. The Morgan fingerprint density at radius 1 is 1.08 bits per heavy atom. The maximum absolute atomic E-state index is 13.5. The number of carbonyl (C=O) groups is 2. The number of nitrogens with one attached hydrogen (secondary N) is 1. The minimum Gasteiger partial charge on any atom is -0.354 e.